The van der Waals surface area contributed by atoms with Gasteiger partial charge in [-0.25, -0.2) is 4.79 Å². The highest BCUT2D eigenvalue weighted by molar-refractivity contribution is 5.86. The van der Waals surface area contributed by atoms with Crippen molar-refractivity contribution in [1.82, 2.24) is 5.32 Å². The van der Waals surface area contributed by atoms with Crippen LogP contribution in [0.5, 0.6) is 5.75 Å². The lowest BCUT2D eigenvalue weighted by molar-refractivity contribution is -0.156. The van der Waals surface area contributed by atoms with Crippen molar-refractivity contribution >= 4 is 11.9 Å². The maximum absolute atomic E-state index is 12.2. The van der Waals surface area contributed by atoms with Gasteiger partial charge >= 0.3 is 5.97 Å². The third kappa shape index (κ3) is 3.00. The van der Waals surface area contributed by atoms with Gasteiger partial charge in [-0.15, -0.1) is 0 Å². The minimum Gasteiger partial charge on any atom is -0.492 e. The molecule has 0 aliphatic carbocycles. The summed E-state index contributed by atoms with van der Waals surface area (Å²) in [6, 6.07) is 3.81. The molecular formula is C15H19NO5. The number of aliphatic carboxylic acids is 1. The molecule has 1 amide bonds. The van der Waals surface area contributed by atoms with E-state index in [1.165, 1.54) is 0 Å². The molecule has 0 bridgehead atoms. The van der Waals surface area contributed by atoms with Gasteiger partial charge in [0.25, 0.3) is 0 Å². The van der Waals surface area contributed by atoms with E-state index in [-0.39, 0.29) is 19.1 Å². The topological polar surface area (TPSA) is 95.9 Å². The SMILES string of the molecule is Cc1cc2c(cc1C)C(C(=O)NCC(C)(O)C(=O)O)CO2. The zero-order chi connectivity index (χ0) is 15.8. The van der Waals surface area contributed by atoms with Crippen LogP contribution in [-0.2, 0) is 9.59 Å². The molecule has 0 aromatic heterocycles. The highest BCUT2D eigenvalue weighted by Crippen LogP contribution is 2.36. The average molecular weight is 293 g/mol. The van der Waals surface area contributed by atoms with Crippen LogP contribution < -0.4 is 10.1 Å². The van der Waals surface area contributed by atoms with Crippen LogP contribution in [-0.4, -0.2) is 40.8 Å². The third-order valence-corrected chi connectivity index (χ3v) is 3.79. The fraction of sp³-hybridized carbons (Fsp3) is 0.467. The number of carboxylic acids is 1. The third-order valence-electron chi connectivity index (χ3n) is 3.79. The smallest absolute Gasteiger partial charge is 0.337 e. The van der Waals surface area contributed by atoms with Crippen molar-refractivity contribution < 1.29 is 24.5 Å². The number of aliphatic hydroxyl groups is 1. The number of carboxylic acid groups (broad SMARTS) is 1. The Balaban J connectivity index is 2.10. The summed E-state index contributed by atoms with van der Waals surface area (Å²) in [5.74, 6) is -1.52. The molecule has 6 nitrogen and oxygen atoms in total. The molecule has 0 saturated carbocycles. The van der Waals surface area contributed by atoms with Crippen molar-refractivity contribution in [2.75, 3.05) is 13.2 Å². The van der Waals surface area contributed by atoms with Gasteiger partial charge in [0.2, 0.25) is 5.91 Å². The molecule has 2 atom stereocenters. The molecule has 0 radical (unpaired) electrons. The summed E-state index contributed by atoms with van der Waals surface area (Å²) >= 11 is 0. The predicted octanol–water partition coefficient (Wildman–Crippen LogP) is 0.731. The van der Waals surface area contributed by atoms with E-state index in [4.69, 9.17) is 9.84 Å². The minimum absolute atomic E-state index is 0.222. The number of rotatable bonds is 4. The van der Waals surface area contributed by atoms with E-state index in [2.05, 4.69) is 5.32 Å². The first kappa shape index (κ1) is 15.3. The Labute approximate surface area is 122 Å². The Bertz CT molecular complexity index is 594. The van der Waals surface area contributed by atoms with Crippen LogP contribution in [0.3, 0.4) is 0 Å². The molecule has 2 rings (SSSR count). The molecule has 1 heterocycles. The fourth-order valence-electron chi connectivity index (χ4n) is 2.15. The number of benzene rings is 1. The maximum atomic E-state index is 12.2. The van der Waals surface area contributed by atoms with E-state index >= 15 is 0 Å². The van der Waals surface area contributed by atoms with Crippen LogP contribution in [0, 0.1) is 13.8 Å². The second kappa shape index (κ2) is 5.37. The molecule has 2 unspecified atom stereocenters. The molecule has 0 fully saturated rings. The van der Waals surface area contributed by atoms with Crippen molar-refractivity contribution in [2.24, 2.45) is 0 Å². The lowest BCUT2D eigenvalue weighted by Crippen LogP contribution is -2.47. The summed E-state index contributed by atoms with van der Waals surface area (Å²) in [7, 11) is 0. The van der Waals surface area contributed by atoms with E-state index < -0.39 is 17.5 Å². The summed E-state index contributed by atoms with van der Waals surface area (Å²) in [6.45, 7) is 4.94. The Morgan fingerprint density at radius 3 is 2.62 bits per heavy atom. The lowest BCUT2D eigenvalue weighted by atomic mass is 9.96. The van der Waals surface area contributed by atoms with Gasteiger partial charge in [-0.2, -0.15) is 0 Å². The Hall–Kier alpha value is -2.08. The van der Waals surface area contributed by atoms with Gasteiger partial charge in [-0.05, 0) is 38.0 Å². The predicted molar refractivity (Wildman–Crippen MR) is 75.4 cm³/mol. The van der Waals surface area contributed by atoms with Crippen molar-refractivity contribution in [3.8, 4) is 5.75 Å². The molecule has 1 aliphatic heterocycles. The number of fused-ring (bicyclic) bond motifs is 1. The zero-order valence-corrected chi connectivity index (χ0v) is 12.3. The van der Waals surface area contributed by atoms with Gasteiger partial charge in [0.15, 0.2) is 5.60 Å². The van der Waals surface area contributed by atoms with Gasteiger partial charge in [0.05, 0.1) is 6.54 Å². The number of nitrogens with one attached hydrogen (secondary N) is 1. The van der Waals surface area contributed by atoms with E-state index in [1.54, 1.807) is 0 Å². The van der Waals surface area contributed by atoms with Crippen LogP contribution in [0.15, 0.2) is 12.1 Å². The monoisotopic (exact) mass is 293 g/mol. The van der Waals surface area contributed by atoms with Crippen LogP contribution >= 0.6 is 0 Å². The largest absolute Gasteiger partial charge is 0.492 e. The van der Waals surface area contributed by atoms with Gasteiger partial charge in [-0.3, -0.25) is 4.79 Å². The lowest BCUT2D eigenvalue weighted by Gasteiger charge is -2.19. The summed E-state index contributed by atoms with van der Waals surface area (Å²) < 4.78 is 5.51. The van der Waals surface area contributed by atoms with E-state index in [0.29, 0.717) is 5.75 Å². The molecule has 0 saturated heterocycles. The Morgan fingerprint density at radius 1 is 1.38 bits per heavy atom. The fourth-order valence-corrected chi connectivity index (χ4v) is 2.15. The maximum Gasteiger partial charge on any atom is 0.337 e. The number of ether oxygens (including phenoxy) is 1. The Kier molecular flexibility index (Phi) is 3.91. The first-order valence-corrected chi connectivity index (χ1v) is 6.70. The van der Waals surface area contributed by atoms with E-state index in [9.17, 15) is 14.7 Å². The molecule has 1 aliphatic rings. The number of hydrogen-bond acceptors (Lipinski definition) is 4. The van der Waals surface area contributed by atoms with Gasteiger partial charge in [0, 0.05) is 5.56 Å². The minimum atomic E-state index is -1.98. The first-order chi connectivity index (χ1) is 9.72. The van der Waals surface area contributed by atoms with Crippen LogP contribution in [0.25, 0.3) is 0 Å². The van der Waals surface area contributed by atoms with Gasteiger partial charge < -0.3 is 20.3 Å². The summed E-state index contributed by atoms with van der Waals surface area (Å²) in [5, 5.41) is 20.9. The second-order valence-electron chi connectivity index (χ2n) is 5.63. The Morgan fingerprint density at radius 2 is 2.00 bits per heavy atom. The van der Waals surface area contributed by atoms with E-state index in [1.807, 2.05) is 26.0 Å². The molecule has 3 N–H and O–H groups in total. The van der Waals surface area contributed by atoms with Crippen molar-refractivity contribution in [3.63, 3.8) is 0 Å². The molecule has 0 spiro atoms. The summed E-state index contributed by atoms with van der Waals surface area (Å²) in [6.07, 6.45) is 0. The van der Waals surface area contributed by atoms with Crippen LogP contribution in [0.2, 0.25) is 0 Å². The van der Waals surface area contributed by atoms with Crippen molar-refractivity contribution in [2.45, 2.75) is 32.3 Å². The number of carbonyl (C=O) groups excluding carboxylic acids is 1. The van der Waals surface area contributed by atoms with Crippen molar-refractivity contribution in [3.05, 3.63) is 28.8 Å². The second-order valence-corrected chi connectivity index (χ2v) is 5.63. The highest BCUT2D eigenvalue weighted by atomic mass is 16.5. The molecular weight excluding hydrogens is 274 g/mol. The van der Waals surface area contributed by atoms with Crippen molar-refractivity contribution in [1.29, 1.82) is 0 Å². The molecule has 1 aromatic rings. The number of carbonyl (C=O) groups is 2. The molecule has 114 valence electrons. The normalized spacial score (nSPS) is 19.3. The molecule has 1 aromatic carbocycles. The zero-order valence-electron chi connectivity index (χ0n) is 12.3. The first-order valence-electron chi connectivity index (χ1n) is 6.70. The quantitative estimate of drug-likeness (QED) is 0.760. The number of amides is 1. The van der Waals surface area contributed by atoms with Gasteiger partial charge in [-0.1, -0.05) is 6.07 Å². The van der Waals surface area contributed by atoms with Gasteiger partial charge in [0.1, 0.15) is 18.3 Å². The van der Waals surface area contributed by atoms with Crippen LogP contribution in [0.1, 0.15) is 29.5 Å². The van der Waals surface area contributed by atoms with E-state index in [0.717, 1.165) is 23.6 Å². The van der Waals surface area contributed by atoms with Crippen LogP contribution in [0.4, 0.5) is 0 Å². The standard InChI is InChI=1S/C15H19NO5/c1-8-4-10-11(6-21-12(10)5-9(8)2)13(17)16-7-15(3,20)14(18)19/h4-5,11,20H,6-7H2,1-3H3,(H,16,17)(H,18,19). The molecule has 6 heteroatoms. The highest BCUT2D eigenvalue weighted by Gasteiger charge is 2.34. The number of hydrogen-bond donors (Lipinski definition) is 3. The average Bonchev–Trinajstić information content (AvgIpc) is 2.79. The summed E-state index contributed by atoms with van der Waals surface area (Å²) in [5.41, 5.74) is 0.963. The molecule has 21 heavy (non-hydrogen) atoms. The summed E-state index contributed by atoms with van der Waals surface area (Å²) in [4.78, 5) is 23.0. The number of aryl methyl sites for hydroxylation is 2.